The highest BCUT2D eigenvalue weighted by atomic mass is 16.7. The average molecular weight is 401 g/mol. The number of ether oxygens (including phenoxy) is 2. The van der Waals surface area contributed by atoms with Gasteiger partial charge in [0.05, 0.1) is 0 Å². The van der Waals surface area contributed by atoms with Crippen molar-refractivity contribution in [3.8, 4) is 0 Å². The normalized spacial score (nSPS) is 49.4. The van der Waals surface area contributed by atoms with Crippen LogP contribution in [0.1, 0.15) is 85.0 Å². The summed E-state index contributed by atoms with van der Waals surface area (Å²) >= 11 is 0. The molecule has 0 aromatic rings. The van der Waals surface area contributed by atoms with Crippen LogP contribution in [0.15, 0.2) is 11.6 Å². The van der Waals surface area contributed by atoms with E-state index in [9.17, 15) is 9.59 Å². The summed E-state index contributed by atoms with van der Waals surface area (Å²) < 4.78 is 12.3. The van der Waals surface area contributed by atoms with Crippen LogP contribution in [0.5, 0.6) is 0 Å². The first-order valence-corrected chi connectivity index (χ1v) is 11.9. The first-order valence-electron chi connectivity index (χ1n) is 11.9. The lowest BCUT2D eigenvalue weighted by atomic mass is 9.46. The molecule has 0 aromatic carbocycles. The number of ketones is 2. The number of allylic oxidation sites excluding steroid dienone is 1. The number of rotatable bonds is 2. The van der Waals surface area contributed by atoms with Crippen LogP contribution in [-0.2, 0) is 19.1 Å². The Balaban J connectivity index is 1.46. The molecule has 3 saturated carbocycles. The maximum atomic E-state index is 13.2. The van der Waals surface area contributed by atoms with Crippen LogP contribution in [0.3, 0.4) is 0 Å². The van der Waals surface area contributed by atoms with Gasteiger partial charge in [0.2, 0.25) is 0 Å². The van der Waals surface area contributed by atoms with E-state index in [1.54, 1.807) is 0 Å². The largest absolute Gasteiger partial charge is 0.345 e. The van der Waals surface area contributed by atoms with Crippen molar-refractivity contribution in [2.45, 2.75) is 96.9 Å². The van der Waals surface area contributed by atoms with Crippen LogP contribution in [0.2, 0.25) is 0 Å². The lowest BCUT2D eigenvalue weighted by Gasteiger charge is -2.60. The van der Waals surface area contributed by atoms with E-state index >= 15 is 0 Å². The summed E-state index contributed by atoms with van der Waals surface area (Å²) in [5, 5.41) is 0. The Morgan fingerprint density at radius 3 is 2.62 bits per heavy atom. The summed E-state index contributed by atoms with van der Waals surface area (Å²) in [4.78, 5) is 25.3. The minimum atomic E-state index is -0.639. The second kappa shape index (κ2) is 6.75. The SMILES string of the molecule is CCCC1OCC(=O)[C@]2(CC[C@H]3[C@@H]4CCC5=CC(=O)CC[C@]5(C)[C@H]4CC[C@@]32C)O1. The third-order valence-corrected chi connectivity index (χ3v) is 9.79. The Labute approximate surface area is 174 Å². The van der Waals surface area contributed by atoms with Crippen molar-refractivity contribution in [1.29, 1.82) is 0 Å². The highest BCUT2D eigenvalue weighted by Crippen LogP contribution is 2.68. The van der Waals surface area contributed by atoms with E-state index in [1.165, 1.54) is 12.0 Å². The first-order chi connectivity index (χ1) is 13.8. The van der Waals surface area contributed by atoms with Gasteiger partial charge >= 0.3 is 0 Å². The van der Waals surface area contributed by atoms with Crippen molar-refractivity contribution in [2.24, 2.45) is 28.6 Å². The van der Waals surface area contributed by atoms with Crippen LogP contribution in [0, 0.1) is 28.6 Å². The van der Waals surface area contributed by atoms with Gasteiger partial charge in [-0.3, -0.25) is 9.59 Å². The molecule has 1 heterocycles. The molecule has 7 atom stereocenters. The Bertz CT molecular complexity index is 756. The van der Waals surface area contributed by atoms with Gasteiger partial charge in [-0.15, -0.1) is 0 Å². The molecule has 29 heavy (non-hydrogen) atoms. The molecule has 1 unspecified atom stereocenters. The highest BCUT2D eigenvalue weighted by molar-refractivity contribution is 5.92. The van der Waals surface area contributed by atoms with E-state index in [2.05, 4.69) is 20.8 Å². The lowest BCUT2D eigenvalue weighted by Crippen LogP contribution is -2.62. The van der Waals surface area contributed by atoms with Gasteiger partial charge in [0.25, 0.3) is 0 Å². The Hall–Kier alpha value is -1.00. The minimum absolute atomic E-state index is 0.0803. The second-order valence-electron chi connectivity index (χ2n) is 10.9. The van der Waals surface area contributed by atoms with Crippen molar-refractivity contribution in [1.82, 2.24) is 0 Å². The fourth-order valence-corrected chi connectivity index (χ4v) is 8.20. The molecule has 0 N–H and O–H groups in total. The van der Waals surface area contributed by atoms with E-state index in [0.29, 0.717) is 30.0 Å². The molecule has 4 heteroatoms. The van der Waals surface area contributed by atoms with Crippen LogP contribution in [0.4, 0.5) is 0 Å². The zero-order valence-electron chi connectivity index (χ0n) is 18.3. The summed E-state index contributed by atoms with van der Waals surface area (Å²) in [7, 11) is 0. The number of hydrogen-bond donors (Lipinski definition) is 0. The molecule has 0 bridgehead atoms. The number of Topliss-reactive ketones (excluding diaryl/α,β-unsaturated/α-hetero) is 1. The summed E-state index contributed by atoms with van der Waals surface area (Å²) in [6.45, 7) is 7.13. The third-order valence-electron chi connectivity index (χ3n) is 9.79. The molecule has 5 rings (SSSR count). The monoisotopic (exact) mass is 400 g/mol. The van der Waals surface area contributed by atoms with Crippen LogP contribution in [0.25, 0.3) is 0 Å². The van der Waals surface area contributed by atoms with Crippen LogP contribution < -0.4 is 0 Å². The summed E-state index contributed by atoms with van der Waals surface area (Å²) in [5.74, 6) is 2.33. The van der Waals surface area contributed by atoms with Gasteiger partial charge in [0.1, 0.15) is 12.2 Å². The topological polar surface area (TPSA) is 52.6 Å². The molecule has 1 spiro atoms. The second-order valence-corrected chi connectivity index (χ2v) is 10.9. The van der Waals surface area contributed by atoms with Gasteiger partial charge in [0, 0.05) is 11.8 Å². The van der Waals surface area contributed by atoms with Crippen molar-refractivity contribution >= 4 is 11.6 Å². The molecule has 0 aromatic heterocycles. The molecule has 5 aliphatic rings. The molecule has 1 aliphatic heterocycles. The van der Waals surface area contributed by atoms with Crippen LogP contribution in [-0.4, -0.2) is 30.1 Å². The number of carbonyl (C=O) groups is 2. The van der Waals surface area contributed by atoms with Gasteiger partial charge in [-0.05, 0) is 80.6 Å². The molecule has 0 radical (unpaired) electrons. The van der Waals surface area contributed by atoms with Gasteiger partial charge < -0.3 is 9.47 Å². The molecule has 160 valence electrons. The molecular weight excluding hydrogens is 364 g/mol. The van der Waals surface area contributed by atoms with Gasteiger partial charge in [-0.25, -0.2) is 0 Å². The third kappa shape index (κ3) is 2.64. The fraction of sp³-hybridized carbons (Fsp3) is 0.840. The van der Waals surface area contributed by atoms with Crippen molar-refractivity contribution in [3.05, 3.63) is 11.6 Å². The average Bonchev–Trinajstić information content (AvgIpc) is 2.99. The molecule has 1 saturated heterocycles. The van der Waals surface area contributed by atoms with E-state index in [-0.39, 0.29) is 29.5 Å². The van der Waals surface area contributed by atoms with E-state index in [4.69, 9.17) is 9.47 Å². The fourth-order valence-electron chi connectivity index (χ4n) is 8.20. The predicted molar refractivity (Wildman–Crippen MR) is 110 cm³/mol. The summed E-state index contributed by atoms with van der Waals surface area (Å²) in [6.07, 6.45) is 11.7. The maximum absolute atomic E-state index is 13.2. The number of fused-ring (bicyclic) bond motifs is 6. The van der Waals surface area contributed by atoms with Crippen molar-refractivity contribution in [2.75, 3.05) is 6.61 Å². The van der Waals surface area contributed by atoms with Crippen molar-refractivity contribution in [3.63, 3.8) is 0 Å². The quantitative estimate of drug-likeness (QED) is 0.655. The predicted octanol–water partition coefficient (Wildman–Crippen LogP) is 5.00. The molecule has 4 aliphatic carbocycles. The molecule has 0 amide bonds. The van der Waals surface area contributed by atoms with E-state index < -0.39 is 5.60 Å². The van der Waals surface area contributed by atoms with Gasteiger partial charge in [-0.1, -0.05) is 32.8 Å². The Morgan fingerprint density at radius 1 is 1.03 bits per heavy atom. The standard InChI is InChI=1S/C25H36O4/c1-4-5-22-28-15-21(27)25(29-22)13-10-20-18-7-6-16-14-17(26)8-11-23(16,2)19(18)9-12-24(20,25)3/h14,18-20,22H,4-13,15H2,1-3H3/t18-,19+,20+,22?,23+,24+,25+/m1/s1. The molecular formula is C25H36O4. The minimum Gasteiger partial charge on any atom is -0.345 e. The smallest absolute Gasteiger partial charge is 0.190 e. The van der Waals surface area contributed by atoms with Crippen LogP contribution >= 0.6 is 0 Å². The number of hydrogen-bond acceptors (Lipinski definition) is 4. The first kappa shape index (κ1) is 19.9. The Kier molecular flexibility index (Phi) is 4.64. The highest BCUT2D eigenvalue weighted by Gasteiger charge is 2.68. The maximum Gasteiger partial charge on any atom is 0.190 e. The van der Waals surface area contributed by atoms with Gasteiger partial charge in [-0.2, -0.15) is 0 Å². The summed E-state index contributed by atoms with van der Waals surface area (Å²) in [6, 6.07) is 0. The van der Waals surface area contributed by atoms with Gasteiger partial charge in [0.15, 0.2) is 17.9 Å². The zero-order valence-corrected chi connectivity index (χ0v) is 18.3. The van der Waals surface area contributed by atoms with E-state index in [1.807, 2.05) is 6.08 Å². The molecule has 4 fully saturated rings. The summed E-state index contributed by atoms with van der Waals surface area (Å²) in [5.41, 5.74) is 0.871. The lowest BCUT2D eigenvalue weighted by molar-refractivity contribution is -0.272. The number of carbonyl (C=O) groups excluding carboxylic acids is 2. The van der Waals surface area contributed by atoms with Crippen molar-refractivity contribution < 1.29 is 19.1 Å². The Morgan fingerprint density at radius 2 is 1.83 bits per heavy atom. The zero-order chi connectivity index (χ0) is 20.4. The van der Waals surface area contributed by atoms with E-state index in [0.717, 1.165) is 51.4 Å². The molecule has 4 nitrogen and oxygen atoms in total.